The zero-order valence-corrected chi connectivity index (χ0v) is 17.3. The SMILES string of the molecule is COc1c(OCCN(C)C)ccc2c3n(c(=NC(=O)c4cccnc4)nc12)CCN3. The van der Waals surface area contributed by atoms with Gasteiger partial charge < -0.3 is 19.7 Å². The Morgan fingerprint density at radius 2 is 2.20 bits per heavy atom. The van der Waals surface area contributed by atoms with Gasteiger partial charge in [0.15, 0.2) is 11.5 Å². The van der Waals surface area contributed by atoms with E-state index >= 15 is 0 Å². The maximum atomic E-state index is 12.6. The van der Waals surface area contributed by atoms with Crippen LogP contribution in [0.25, 0.3) is 10.9 Å². The lowest BCUT2D eigenvalue weighted by Gasteiger charge is -2.16. The van der Waals surface area contributed by atoms with Crippen LogP contribution in [-0.4, -0.2) is 66.2 Å². The quantitative estimate of drug-likeness (QED) is 0.661. The van der Waals surface area contributed by atoms with Gasteiger partial charge in [-0.05, 0) is 38.4 Å². The molecule has 1 aliphatic heterocycles. The van der Waals surface area contributed by atoms with E-state index in [1.54, 1.807) is 25.4 Å². The highest BCUT2D eigenvalue weighted by molar-refractivity contribution is 5.96. The summed E-state index contributed by atoms with van der Waals surface area (Å²) in [4.78, 5) is 27.6. The number of rotatable bonds is 6. The average Bonchev–Trinajstić information content (AvgIpc) is 3.24. The van der Waals surface area contributed by atoms with Crippen molar-refractivity contribution in [1.29, 1.82) is 0 Å². The minimum Gasteiger partial charge on any atom is -0.491 e. The van der Waals surface area contributed by atoms with Crippen LogP contribution in [-0.2, 0) is 6.54 Å². The molecule has 1 aliphatic rings. The molecule has 156 valence electrons. The molecule has 30 heavy (non-hydrogen) atoms. The fourth-order valence-corrected chi connectivity index (χ4v) is 3.33. The summed E-state index contributed by atoms with van der Waals surface area (Å²) in [6.45, 7) is 2.69. The van der Waals surface area contributed by atoms with Crippen molar-refractivity contribution < 1.29 is 14.3 Å². The van der Waals surface area contributed by atoms with Crippen LogP contribution in [0.15, 0.2) is 41.7 Å². The molecule has 9 nitrogen and oxygen atoms in total. The number of likely N-dealkylation sites (N-methyl/N-ethyl adjacent to an activating group) is 1. The first kappa shape index (κ1) is 19.8. The third kappa shape index (κ3) is 3.84. The molecule has 2 aromatic heterocycles. The number of ether oxygens (including phenoxy) is 2. The summed E-state index contributed by atoms with van der Waals surface area (Å²) in [6, 6.07) is 7.22. The summed E-state index contributed by atoms with van der Waals surface area (Å²) in [6.07, 6.45) is 3.11. The second-order valence-electron chi connectivity index (χ2n) is 7.14. The number of pyridine rings is 1. The van der Waals surface area contributed by atoms with Gasteiger partial charge >= 0.3 is 0 Å². The van der Waals surface area contributed by atoms with Crippen molar-refractivity contribution in [3.8, 4) is 11.5 Å². The van der Waals surface area contributed by atoms with Crippen LogP contribution in [0.4, 0.5) is 5.82 Å². The fourth-order valence-electron chi connectivity index (χ4n) is 3.33. The molecule has 0 spiro atoms. The third-order valence-electron chi connectivity index (χ3n) is 4.81. The van der Waals surface area contributed by atoms with Crippen LogP contribution >= 0.6 is 0 Å². The lowest BCUT2D eigenvalue weighted by molar-refractivity contribution is 0.0996. The number of hydrogen-bond donors (Lipinski definition) is 1. The molecule has 3 aromatic rings. The molecule has 0 unspecified atom stereocenters. The predicted molar refractivity (Wildman–Crippen MR) is 113 cm³/mol. The van der Waals surface area contributed by atoms with Gasteiger partial charge in [0, 0.05) is 37.4 Å². The second kappa shape index (κ2) is 8.50. The van der Waals surface area contributed by atoms with Crippen molar-refractivity contribution in [3.05, 3.63) is 47.8 Å². The maximum absolute atomic E-state index is 12.6. The molecule has 1 aromatic carbocycles. The lowest BCUT2D eigenvalue weighted by atomic mass is 10.2. The molecule has 1 amide bonds. The Bertz CT molecular complexity index is 1140. The molecule has 4 rings (SSSR count). The normalized spacial score (nSPS) is 13.4. The molecule has 1 N–H and O–H groups in total. The number of methoxy groups -OCH3 is 1. The highest BCUT2D eigenvalue weighted by atomic mass is 16.5. The lowest BCUT2D eigenvalue weighted by Crippen LogP contribution is -2.25. The highest BCUT2D eigenvalue weighted by Crippen LogP contribution is 2.37. The van der Waals surface area contributed by atoms with E-state index in [4.69, 9.17) is 9.47 Å². The Kier molecular flexibility index (Phi) is 5.62. The number of anilines is 1. The van der Waals surface area contributed by atoms with E-state index in [1.165, 1.54) is 6.20 Å². The number of fused-ring (bicyclic) bond motifs is 3. The van der Waals surface area contributed by atoms with Crippen LogP contribution in [0.3, 0.4) is 0 Å². The summed E-state index contributed by atoms with van der Waals surface area (Å²) in [7, 11) is 5.56. The fraction of sp³-hybridized carbons (Fsp3) is 0.333. The smallest absolute Gasteiger partial charge is 0.281 e. The van der Waals surface area contributed by atoms with Crippen LogP contribution in [0.2, 0.25) is 0 Å². The first-order valence-corrected chi connectivity index (χ1v) is 9.70. The molecule has 0 saturated carbocycles. The molecule has 0 atom stereocenters. The maximum Gasteiger partial charge on any atom is 0.281 e. The first-order chi connectivity index (χ1) is 14.6. The van der Waals surface area contributed by atoms with Crippen molar-refractivity contribution in [2.45, 2.75) is 6.54 Å². The Balaban J connectivity index is 1.83. The van der Waals surface area contributed by atoms with Gasteiger partial charge in [0.25, 0.3) is 5.91 Å². The van der Waals surface area contributed by atoms with Crippen LogP contribution in [0.5, 0.6) is 11.5 Å². The van der Waals surface area contributed by atoms with Gasteiger partial charge in [0.05, 0.1) is 12.7 Å². The average molecular weight is 408 g/mol. The van der Waals surface area contributed by atoms with Crippen LogP contribution in [0, 0.1) is 0 Å². The number of amides is 1. The molecular formula is C21H24N6O3. The summed E-state index contributed by atoms with van der Waals surface area (Å²) in [5, 5.41) is 4.25. The number of nitrogens with zero attached hydrogens (tertiary/aromatic N) is 5. The number of carbonyl (C=O) groups excluding carboxylic acids is 1. The van der Waals surface area contributed by atoms with E-state index in [0.717, 1.165) is 24.3 Å². The Morgan fingerprint density at radius 3 is 2.93 bits per heavy atom. The molecular weight excluding hydrogens is 384 g/mol. The number of hydrogen-bond acceptors (Lipinski definition) is 7. The van der Waals surface area contributed by atoms with Gasteiger partial charge in [0.1, 0.15) is 17.9 Å². The minimum atomic E-state index is -0.395. The summed E-state index contributed by atoms with van der Waals surface area (Å²) < 4.78 is 13.5. The predicted octanol–water partition coefficient (Wildman–Crippen LogP) is 1.55. The third-order valence-corrected chi connectivity index (χ3v) is 4.81. The minimum absolute atomic E-state index is 0.320. The van der Waals surface area contributed by atoms with Gasteiger partial charge in [-0.15, -0.1) is 0 Å². The topological polar surface area (TPSA) is 93.9 Å². The van der Waals surface area contributed by atoms with Crippen molar-refractivity contribution in [1.82, 2.24) is 19.4 Å². The van der Waals surface area contributed by atoms with E-state index in [9.17, 15) is 4.79 Å². The molecule has 0 bridgehead atoms. The van der Waals surface area contributed by atoms with E-state index in [2.05, 4.69) is 20.3 Å². The Labute approximate surface area is 174 Å². The summed E-state index contributed by atoms with van der Waals surface area (Å²) in [5.74, 6) is 1.59. The van der Waals surface area contributed by atoms with E-state index < -0.39 is 5.91 Å². The van der Waals surface area contributed by atoms with Gasteiger partial charge in [-0.1, -0.05) is 0 Å². The van der Waals surface area contributed by atoms with Crippen LogP contribution in [0.1, 0.15) is 10.4 Å². The summed E-state index contributed by atoms with van der Waals surface area (Å²) in [5.41, 5.74) is 1.32. The Hall–Kier alpha value is -3.46. The molecule has 0 saturated heterocycles. The number of aromatic nitrogens is 3. The second-order valence-corrected chi connectivity index (χ2v) is 7.14. The van der Waals surface area contributed by atoms with Crippen molar-refractivity contribution in [3.63, 3.8) is 0 Å². The largest absolute Gasteiger partial charge is 0.491 e. The van der Waals surface area contributed by atoms with Crippen molar-refractivity contribution in [2.75, 3.05) is 46.2 Å². The van der Waals surface area contributed by atoms with Gasteiger partial charge in [-0.3, -0.25) is 14.3 Å². The van der Waals surface area contributed by atoms with Crippen molar-refractivity contribution in [2.24, 2.45) is 4.99 Å². The van der Waals surface area contributed by atoms with Crippen molar-refractivity contribution >= 4 is 22.6 Å². The number of benzene rings is 1. The van der Waals surface area contributed by atoms with E-state index in [1.807, 2.05) is 35.7 Å². The first-order valence-electron chi connectivity index (χ1n) is 9.70. The molecule has 0 fully saturated rings. The van der Waals surface area contributed by atoms with Gasteiger partial charge in [-0.2, -0.15) is 4.99 Å². The van der Waals surface area contributed by atoms with E-state index in [0.29, 0.717) is 41.3 Å². The monoisotopic (exact) mass is 408 g/mol. The molecule has 3 heterocycles. The zero-order valence-electron chi connectivity index (χ0n) is 17.3. The zero-order chi connectivity index (χ0) is 21.1. The Morgan fingerprint density at radius 1 is 1.33 bits per heavy atom. The number of carbonyl (C=O) groups is 1. The molecule has 0 aliphatic carbocycles. The standard InChI is InChI=1S/C21H24N6O3/c1-26(2)11-12-30-16-7-6-15-17(18(16)29-3)24-21(27-10-9-23-19(15)27)25-20(28)14-5-4-8-22-13-14/h4-8,13,23H,9-12H2,1-3H3. The van der Waals surface area contributed by atoms with Gasteiger partial charge in [-0.25, -0.2) is 4.98 Å². The number of nitrogens with one attached hydrogen (secondary N) is 1. The molecule has 0 radical (unpaired) electrons. The van der Waals surface area contributed by atoms with E-state index in [-0.39, 0.29) is 0 Å². The summed E-state index contributed by atoms with van der Waals surface area (Å²) >= 11 is 0. The van der Waals surface area contributed by atoms with Crippen LogP contribution < -0.4 is 20.4 Å². The molecule has 9 heteroatoms. The highest BCUT2D eigenvalue weighted by Gasteiger charge is 2.20. The van der Waals surface area contributed by atoms with Gasteiger partial charge in [0.2, 0.25) is 5.62 Å².